The van der Waals surface area contributed by atoms with E-state index < -0.39 is 16.2 Å². The highest BCUT2D eigenvalue weighted by molar-refractivity contribution is 5.73. The molecule has 3 saturated carbocycles. The summed E-state index contributed by atoms with van der Waals surface area (Å²) in [7, 11) is 0. The van der Waals surface area contributed by atoms with Crippen LogP contribution in [0.2, 0.25) is 0 Å². The Balaban J connectivity index is 1.21. The van der Waals surface area contributed by atoms with Crippen LogP contribution in [0.5, 0.6) is 0 Å². The van der Waals surface area contributed by atoms with Crippen molar-refractivity contribution in [2.45, 2.75) is 75.5 Å². The number of hydrogen-bond acceptors (Lipinski definition) is 9. The van der Waals surface area contributed by atoms with Gasteiger partial charge in [0.25, 0.3) is 0 Å². The van der Waals surface area contributed by atoms with Gasteiger partial charge < -0.3 is 28.9 Å². The Morgan fingerprint density at radius 3 is 1.16 bits per heavy atom. The SMILES string of the molecule is CCCCOC(=O)N1CC2C(C1)C2(C#N)c1cccc(C2(C#N)C3CN(C(=O)OCCCC)CC32)c1C1(C#N)C2CN(C(=O)OCCCC)CC21. The van der Waals surface area contributed by atoms with E-state index in [1.807, 2.05) is 39.0 Å². The van der Waals surface area contributed by atoms with Gasteiger partial charge in [0.15, 0.2) is 0 Å². The number of unbranched alkanes of at least 4 members (excludes halogenated alkanes) is 3. The molecule has 7 rings (SSSR count). The van der Waals surface area contributed by atoms with Crippen LogP contribution in [-0.4, -0.2) is 92.1 Å². The number of likely N-dealkylation sites (tertiary alicyclic amines) is 3. The highest BCUT2D eigenvalue weighted by Gasteiger charge is 2.79. The van der Waals surface area contributed by atoms with Gasteiger partial charge in [0.05, 0.1) is 54.3 Å². The lowest BCUT2D eigenvalue weighted by Crippen LogP contribution is -2.39. The fourth-order valence-corrected chi connectivity index (χ4v) is 10.1. The molecule has 51 heavy (non-hydrogen) atoms. The number of ether oxygens (including phenoxy) is 3. The molecule has 1 aromatic carbocycles. The van der Waals surface area contributed by atoms with Gasteiger partial charge in [-0.15, -0.1) is 0 Å². The quantitative estimate of drug-likeness (QED) is 0.204. The maximum Gasteiger partial charge on any atom is 0.409 e. The van der Waals surface area contributed by atoms with Crippen molar-refractivity contribution in [1.82, 2.24) is 14.7 Å². The molecule has 0 bridgehead atoms. The average Bonchev–Trinajstić information content (AvgIpc) is 3.81. The highest BCUT2D eigenvalue weighted by Crippen LogP contribution is 2.73. The summed E-state index contributed by atoms with van der Waals surface area (Å²) in [6.07, 6.45) is 4.02. The molecule has 6 atom stereocenters. The van der Waals surface area contributed by atoms with Crippen molar-refractivity contribution >= 4 is 18.3 Å². The van der Waals surface area contributed by atoms with Crippen molar-refractivity contribution in [3.05, 3.63) is 34.9 Å². The first-order valence-electron chi connectivity index (χ1n) is 18.9. The Labute approximate surface area is 300 Å². The minimum atomic E-state index is -0.981. The van der Waals surface area contributed by atoms with Gasteiger partial charge >= 0.3 is 18.3 Å². The predicted molar refractivity (Wildman–Crippen MR) is 183 cm³/mol. The largest absolute Gasteiger partial charge is 0.449 e. The van der Waals surface area contributed by atoms with Gasteiger partial charge in [-0.3, -0.25) is 0 Å². The van der Waals surface area contributed by atoms with Crippen LogP contribution in [0.25, 0.3) is 0 Å². The van der Waals surface area contributed by atoms with E-state index in [2.05, 4.69) is 18.2 Å². The van der Waals surface area contributed by atoms with Crippen molar-refractivity contribution < 1.29 is 28.6 Å². The summed E-state index contributed by atoms with van der Waals surface area (Å²) in [6, 6.07) is 13.8. The van der Waals surface area contributed by atoms with Crippen LogP contribution in [0.3, 0.4) is 0 Å². The number of carbonyl (C=O) groups is 3. The minimum absolute atomic E-state index is 0.125. The normalized spacial score (nSPS) is 34.7. The van der Waals surface area contributed by atoms with Gasteiger partial charge in [0.2, 0.25) is 0 Å². The summed E-state index contributed by atoms with van der Waals surface area (Å²) in [6.45, 7) is 9.47. The first-order valence-corrected chi connectivity index (χ1v) is 18.9. The lowest BCUT2D eigenvalue weighted by molar-refractivity contribution is 0.102. The number of hydrogen-bond donors (Lipinski definition) is 0. The van der Waals surface area contributed by atoms with Crippen molar-refractivity contribution in [2.75, 3.05) is 59.1 Å². The molecule has 3 saturated heterocycles. The number of nitriles is 3. The Bertz CT molecular complexity index is 1590. The zero-order valence-corrected chi connectivity index (χ0v) is 29.9. The van der Waals surface area contributed by atoms with Crippen LogP contribution < -0.4 is 0 Å². The number of benzene rings is 1. The first-order chi connectivity index (χ1) is 24.7. The summed E-state index contributed by atoms with van der Waals surface area (Å²) < 4.78 is 16.5. The van der Waals surface area contributed by atoms with Gasteiger partial charge in [-0.2, -0.15) is 15.8 Å². The molecule has 3 aliphatic carbocycles. The molecule has 0 radical (unpaired) electrons. The van der Waals surface area contributed by atoms with Crippen molar-refractivity contribution in [1.29, 1.82) is 15.8 Å². The van der Waals surface area contributed by atoms with Crippen LogP contribution in [-0.2, 0) is 30.5 Å². The zero-order valence-electron chi connectivity index (χ0n) is 29.9. The number of amides is 3. The third-order valence-corrected chi connectivity index (χ3v) is 13.0. The second-order valence-corrected chi connectivity index (χ2v) is 15.4. The lowest BCUT2D eigenvalue weighted by atomic mass is 9.73. The smallest absolute Gasteiger partial charge is 0.409 e. The Hall–Kier alpha value is -4.50. The predicted octanol–water partition coefficient (Wildman–Crippen LogP) is 5.47. The third kappa shape index (κ3) is 5.13. The fraction of sp³-hybridized carbons (Fsp3) is 0.692. The number of rotatable bonds is 12. The van der Waals surface area contributed by atoms with Crippen molar-refractivity contribution in [3.8, 4) is 18.2 Å². The van der Waals surface area contributed by atoms with E-state index in [0.717, 1.165) is 55.2 Å². The summed E-state index contributed by atoms with van der Waals surface area (Å²) in [5.74, 6) is -0.835. The van der Waals surface area contributed by atoms with Gasteiger partial charge in [0.1, 0.15) is 0 Å². The molecule has 1 aromatic rings. The molecule has 6 aliphatic rings. The van der Waals surface area contributed by atoms with E-state index >= 15 is 0 Å². The Morgan fingerprint density at radius 1 is 0.588 bits per heavy atom. The van der Waals surface area contributed by atoms with Crippen LogP contribution in [0.1, 0.15) is 76.0 Å². The molecular weight excluding hydrogens is 648 g/mol. The van der Waals surface area contributed by atoms with E-state index in [9.17, 15) is 30.2 Å². The van der Waals surface area contributed by atoms with Crippen LogP contribution in [0.4, 0.5) is 14.4 Å². The second kappa shape index (κ2) is 13.2. The maximum atomic E-state index is 12.9. The van der Waals surface area contributed by atoms with Gasteiger partial charge in [-0.25, -0.2) is 14.4 Å². The number of fused-ring (bicyclic) bond motifs is 3. The molecule has 3 heterocycles. The monoisotopic (exact) mass is 696 g/mol. The topological polar surface area (TPSA) is 160 Å². The van der Waals surface area contributed by atoms with Crippen LogP contribution in [0.15, 0.2) is 18.2 Å². The summed E-state index contributed by atoms with van der Waals surface area (Å²) in [5.41, 5.74) is -0.491. The second-order valence-electron chi connectivity index (χ2n) is 15.4. The summed E-state index contributed by atoms with van der Waals surface area (Å²) in [4.78, 5) is 43.7. The average molecular weight is 697 g/mol. The number of carbonyl (C=O) groups excluding carboxylic acids is 3. The molecule has 3 aliphatic heterocycles. The zero-order chi connectivity index (χ0) is 36.1. The first kappa shape index (κ1) is 34.9. The molecule has 12 nitrogen and oxygen atoms in total. The lowest BCUT2D eigenvalue weighted by Gasteiger charge is -2.32. The van der Waals surface area contributed by atoms with Crippen LogP contribution >= 0.6 is 0 Å². The van der Waals surface area contributed by atoms with E-state index in [1.54, 1.807) is 14.7 Å². The minimum Gasteiger partial charge on any atom is -0.449 e. The van der Waals surface area contributed by atoms with E-state index in [1.165, 1.54) is 0 Å². The molecule has 270 valence electrons. The summed E-state index contributed by atoms with van der Waals surface area (Å²) >= 11 is 0. The van der Waals surface area contributed by atoms with Gasteiger partial charge in [0, 0.05) is 74.8 Å². The highest BCUT2D eigenvalue weighted by atomic mass is 16.6. The molecule has 3 amide bonds. The molecule has 0 aromatic heterocycles. The van der Waals surface area contributed by atoms with Gasteiger partial charge in [-0.1, -0.05) is 58.2 Å². The number of piperidine rings is 3. The maximum absolute atomic E-state index is 12.9. The third-order valence-electron chi connectivity index (χ3n) is 13.0. The van der Waals surface area contributed by atoms with E-state index in [4.69, 9.17) is 14.2 Å². The molecular formula is C39H48N6O6. The van der Waals surface area contributed by atoms with Gasteiger partial charge in [-0.05, 0) is 36.0 Å². The van der Waals surface area contributed by atoms with E-state index in [-0.39, 0.29) is 53.8 Å². The molecule has 12 heteroatoms. The molecule has 6 unspecified atom stereocenters. The molecule has 6 fully saturated rings. The molecule has 0 N–H and O–H groups in total. The van der Waals surface area contributed by atoms with Crippen molar-refractivity contribution in [2.24, 2.45) is 35.5 Å². The Morgan fingerprint density at radius 2 is 0.882 bits per heavy atom. The fourth-order valence-electron chi connectivity index (χ4n) is 10.1. The van der Waals surface area contributed by atoms with Crippen LogP contribution in [0, 0.1) is 69.5 Å². The van der Waals surface area contributed by atoms with Crippen molar-refractivity contribution in [3.63, 3.8) is 0 Å². The standard InChI is InChI=1S/C39H48N6O6/c1-4-7-13-49-34(46)43-16-27-28(17-43)37(27,22-40)25-11-10-12-26(38(23-41)29-18-44(19-30(29)38)35(47)50-14-8-5-2)33(25)39(24-42)31-20-45(21-32(31)39)36(48)51-15-9-6-3/h10-12,27-32H,4-9,13-21H2,1-3H3. The Kier molecular flexibility index (Phi) is 9.07. The molecule has 0 spiro atoms. The number of nitrogens with zero attached hydrogens (tertiary/aromatic N) is 6. The summed E-state index contributed by atoms with van der Waals surface area (Å²) in [5, 5.41) is 33.1. The van der Waals surface area contributed by atoms with E-state index in [0.29, 0.717) is 59.1 Å².